The van der Waals surface area contributed by atoms with Crippen molar-refractivity contribution in [3.05, 3.63) is 40.7 Å². The van der Waals surface area contributed by atoms with Gasteiger partial charge in [-0.1, -0.05) is 6.07 Å². The highest BCUT2D eigenvalue weighted by atomic mass is 15.1. The van der Waals surface area contributed by atoms with Gasteiger partial charge in [0.15, 0.2) is 0 Å². The Bertz CT molecular complexity index is 631. The van der Waals surface area contributed by atoms with Crippen LogP contribution < -0.4 is 5.32 Å². The number of hydrogen-bond acceptors (Lipinski definition) is 3. The number of anilines is 1. The van der Waals surface area contributed by atoms with Gasteiger partial charge in [0, 0.05) is 17.7 Å². The number of hydrogen-bond donors (Lipinski definition) is 1. The highest BCUT2D eigenvalue weighted by Crippen LogP contribution is 2.31. The van der Waals surface area contributed by atoms with Crippen molar-refractivity contribution in [2.45, 2.75) is 46.6 Å². The summed E-state index contributed by atoms with van der Waals surface area (Å²) in [4.78, 5) is 8.82. The van der Waals surface area contributed by atoms with Crippen molar-refractivity contribution in [2.75, 3.05) is 5.32 Å². The molecule has 0 atom stereocenters. The van der Waals surface area contributed by atoms with Crippen LogP contribution in [0.3, 0.4) is 0 Å². The van der Waals surface area contributed by atoms with Crippen LogP contribution in [0, 0.1) is 27.7 Å². The first-order chi connectivity index (χ1) is 9.56. The molecule has 0 bridgehead atoms. The maximum absolute atomic E-state index is 4.49. The molecule has 1 N–H and O–H groups in total. The third-order valence-corrected chi connectivity index (χ3v) is 4.22. The van der Waals surface area contributed by atoms with Crippen molar-refractivity contribution < 1.29 is 0 Å². The molecule has 1 heterocycles. The average Bonchev–Trinajstić information content (AvgIpc) is 3.21. The average molecular weight is 267 g/mol. The van der Waals surface area contributed by atoms with Gasteiger partial charge in [0.25, 0.3) is 0 Å². The molecule has 0 aliphatic heterocycles. The monoisotopic (exact) mass is 267 g/mol. The van der Waals surface area contributed by atoms with E-state index in [0.29, 0.717) is 6.04 Å². The second-order valence-electron chi connectivity index (χ2n) is 5.84. The summed E-state index contributed by atoms with van der Waals surface area (Å²) in [6.45, 7) is 8.67. The van der Waals surface area contributed by atoms with Crippen LogP contribution >= 0.6 is 0 Å². The largest absolute Gasteiger partial charge is 0.367 e. The summed E-state index contributed by atoms with van der Waals surface area (Å²) in [7, 11) is 0. The lowest BCUT2D eigenvalue weighted by molar-refractivity contribution is 1.08. The van der Waals surface area contributed by atoms with Gasteiger partial charge in [-0.3, -0.25) is 0 Å². The smallest absolute Gasteiger partial charge is 0.130 e. The van der Waals surface area contributed by atoms with Crippen LogP contribution in [0.15, 0.2) is 18.5 Å². The first-order valence-electron chi connectivity index (χ1n) is 7.22. The summed E-state index contributed by atoms with van der Waals surface area (Å²) < 4.78 is 0. The molecule has 3 nitrogen and oxygen atoms in total. The maximum Gasteiger partial charge on any atom is 0.130 e. The van der Waals surface area contributed by atoms with Gasteiger partial charge in [0.1, 0.15) is 12.1 Å². The van der Waals surface area contributed by atoms with Crippen LogP contribution in [0.5, 0.6) is 0 Å². The molecule has 0 amide bonds. The zero-order chi connectivity index (χ0) is 14.3. The number of rotatable bonds is 3. The molecule has 104 valence electrons. The van der Waals surface area contributed by atoms with Crippen molar-refractivity contribution in [2.24, 2.45) is 0 Å². The summed E-state index contributed by atoms with van der Waals surface area (Å²) in [5, 5.41) is 3.44. The van der Waals surface area contributed by atoms with Crippen molar-refractivity contribution in [1.29, 1.82) is 0 Å². The molecule has 1 saturated carbocycles. The Hall–Kier alpha value is -1.90. The Kier molecular flexibility index (Phi) is 3.20. The van der Waals surface area contributed by atoms with E-state index in [2.05, 4.69) is 55.1 Å². The topological polar surface area (TPSA) is 37.8 Å². The molecule has 1 aromatic heterocycles. The lowest BCUT2D eigenvalue weighted by Gasteiger charge is -2.15. The fourth-order valence-corrected chi connectivity index (χ4v) is 2.61. The minimum Gasteiger partial charge on any atom is -0.367 e. The van der Waals surface area contributed by atoms with Gasteiger partial charge in [-0.15, -0.1) is 0 Å². The van der Waals surface area contributed by atoms with Crippen LogP contribution in [-0.2, 0) is 0 Å². The summed E-state index contributed by atoms with van der Waals surface area (Å²) in [6.07, 6.45) is 4.17. The predicted molar refractivity (Wildman–Crippen MR) is 83.1 cm³/mol. The lowest BCUT2D eigenvalue weighted by Crippen LogP contribution is -2.04. The number of aromatic nitrogens is 2. The molecule has 1 fully saturated rings. The van der Waals surface area contributed by atoms with Crippen molar-refractivity contribution >= 4 is 5.82 Å². The molecule has 0 saturated heterocycles. The Morgan fingerprint density at radius 2 is 1.60 bits per heavy atom. The lowest BCUT2D eigenvalue weighted by atomic mass is 9.92. The summed E-state index contributed by atoms with van der Waals surface area (Å²) >= 11 is 0. The fraction of sp³-hybridized carbons (Fsp3) is 0.412. The Labute approximate surface area is 120 Å². The van der Waals surface area contributed by atoms with E-state index in [-0.39, 0.29) is 0 Å². The minimum absolute atomic E-state index is 0.610. The van der Waals surface area contributed by atoms with Crippen LogP contribution in [0.4, 0.5) is 5.82 Å². The minimum atomic E-state index is 0.610. The number of nitrogens with zero attached hydrogens (tertiary/aromatic N) is 2. The molecule has 1 aliphatic carbocycles. The van der Waals surface area contributed by atoms with Crippen LogP contribution in [0.1, 0.15) is 35.1 Å². The number of benzene rings is 1. The molecule has 3 rings (SSSR count). The van der Waals surface area contributed by atoms with E-state index in [0.717, 1.165) is 11.5 Å². The maximum atomic E-state index is 4.49. The zero-order valence-corrected chi connectivity index (χ0v) is 12.6. The first-order valence-corrected chi connectivity index (χ1v) is 7.22. The quantitative estimate of drug-likeness (QED) is 0.915. The van der Waals surface area contributed by atoms with E-state index in [1.807, 2.05) is 0 Å². The van der Waals surface area contributed by atoms with Crippen LogP contribution in [-0.4, -0.2) is 16.0 Å². The first kappa shape index (κ1) is 13.1. The standard InChI is InChI=1S/C17H21N3/c1-10-7-11(2)13(4)17(12(10)3)15-8-16(19-9-18-15)20-14-5-6-14/h7-9,14H,5-6H2,1-4H3,(H,18,19,20). The Morgan fingerprint density at radius 3 is 2.20 bits per heavy atom. The van der Waals surface area contributed by atoms with Crippen LogP contribution in [0.25, 0.3) is 11.3 Å². The summed E-state index contributed by atoms with van der Waals surface area (Å²) in [5.74, 6) is 0.940. The molecule has 1 aliphatic rings. The molecule has 1 aromatic carbocycles. The molecule has 0 radical (unpaired) electrons. The van der Waals surface area contributed by atoms with E-state index in [1.54, 1.807) is 6.33 Å². The van der Waals surface area contributed by atoms with Gasteiger partial charge in [0.2, 0.25) is 0 Å². The molecule has 0 unspecified atom stereocenters. The Balaban J connectivity index is 2.08. The highest BCUT2D eigenvalue weighted by molar-refractivity contribution is 5.72. The number of nitrogens with one attached hydrogen (secondary N) is 1. The van der Waals surface area contributed by atoms with Crippen molar-refractivity contribution in [3.8, 4) is 11.3 Å². The number of aryl methyl sites for hydroxylation is 2. The van der Waals surface area contributed by atoms with E-state index in [1.165, 1.54) is 40.7 Å². The van der Waals surface area contributed by atoms with Crippen LogP contribution in [0.2, 0.25) is 0 Å². The fourth-order valence-electron chi connectivity index (χ4n) is 2.61. The highest BCUT2D eigenvalue weighted by Gasteiger charge is 2.21. The molecule has 0 spiro atoms. The van der Waals surface area contributed by atoms with Gasteiger partial charge in [-0.05, 0) is 62.8 Å². The molecule has 20 heavy (non-hydrogen) atoms. The normalized spacial score (nSPS) is 14.4. The van der Waals surface area contributed by atoms with Gasteiger partial charge in [-0.25, -0.2) is 9.97 Å². The SMILES string of the molecule is Cc1cc(C)c(C)c(-c2cc(NC3CC3)ncn2)c1C. The van der Waals surface area contributed by atoms with E-state index in [4.69, 9.17) is 0 Å². The van der Waals surface area contributed by atoms with Gasteiger partial charge < -0.3 is 5.32 Å². The van der Waals surface area contributed by atoms with E-state index in [9.17, 15) is 0 Å². The van der Waals surface area contributed by atoms with Gasteiger partial charge >= 0.3 is 0 Å². The molecular weight excluding hydrogens is 246 g/mol. The Morgan fingerprint density at radius 1 is 0.950 bits per heavy atom. The molecule has 3 heteroatoms. The van der Waals surface area contributed by atoms with E-state index < -0.39 is 0 Å². The predicted octanol–water partition coefficient (Wildman–Crippen LogP) is 3.95. The van der Waals surface area contributed by atoms with Crippen molar-refractivity contribution in [1.82, 2.24) is 9.97 Å². The van der Waals surface area contributed by atoms with E-state index >= 15 is 0 Å². The second kappa shape index (κ2) is 4.89. The van der Waals surface area contributed by atoms with Crippen molar-refractivity contribution in [3.63, 3.8) is 0 Å². The van der Waals surface area contributed by atoms with Gasteiger partial charge in [0.05, 0.1) is 5.69 Å². The zero-order valence-electron chi connectivity index (χ0n) is 12.6. The third kappa shape index (κ3) is 2.40. The third-order valence-electron chi connectivity index (χ3n) is 4.22. The molecule has 2 aromatic rings. The van der Waals surface area contributed by atoms with Gasteiger partial charge in [-0.2, -0.15) is 0 Å². The summed E-state index contributed by atoms with van der Waals surface area (Å²) in [6, 6.07) is 4.94. The summed E-state index contributed by atoms with van der Waals surface area (Å²) in [5.41, 5.74) is 7.53. The second-order valence-corrected chi connectivity index (χ2v) is 5.84. The molecular formula is C17H21N3.